The first kappa shape index (κ1) is 19.7. The summed E-state index contributed by atoms with van der Waals surface area (Å²) in [6, 6.07) is 5.13. The molecule has 0 bridgehead atoms. The molecular formula is C15H25N3O6S. The molecule has 0 saturated carbocycles. The number of morpholine rings is 1. The average Bonchev–Trinajstić information content (AvgIpc) is 2.62. The molecule has 1 fully saturated rings. The highest BCUT2D eigenvalue weighted by Gasteiger charge is 2.23. The Bertz CT molecular complexity index is 634. The highest BCUT2D eigenvalue weighted by atomic mass is 32.2. The van der Waals surface area contributed by atoms with Gasteiger partial charge in [0, 0.05) is 31.4 Å². The van der Waals surface area contributed by atoms with E-state index in [1.165, 1.54) is 4.31 Å². The average molecular weight is 375 g/mol. The minimum absolute atomic E-state index is 0.199. The van der Waals surface area contributed by atoms with Gasteiger partial charge in [-0.1, -0.05) is 0 Å². The second-order valence-corrected chi connectivity index (χ2v) is 7.04. The molecule has 0 atom stereocenters. The van der Waals surface area contributed by atoms with E-state index in [4.69, 9.17) is 24.7 Å². The Balaban J connectivity index is 1.60. The van der Waals surface area contributed by atoms with Gasteiger partial charge in [-0.2, -0.15) is 17.4 Å². The normalized spacial score (nSPS) is 15.9. The fourth-order valence-corrected chi connectivity index (χ4v) is 3.39. The number of nitrogens with one attached hydrogen (secondary N) is 1. The molecule has 25 heavy (non-hydrogen) atoms. The van der Waals surface area contributed by atoms with Crippen molar-refractivity contribution >= 4 is 15.9 Å². The third kappa shape index (κ3) is 6.33. The zero-order chi connectivity index (χ0) is 18.1. The molecule has 0 aromatic heterocycles. The molecule has 1 aromatic carbocycles. The second kappa shape index (κ2) is 9.78. The van der Waals surface area contributed by atoms with E-state index in [1.54, 1.807) is 25.3 Å². The number of nitrogens with zero attached hydrogens (tertiary/aromatic N) is 1. The predicted molar refractivity (Wildman–Crippen MR) is 93.0 cm³/mol. The van der Waals surface area contributed by atoms with Gasteiger partial charge in [0.2, 0.25) is 0 Å². The van der Waals surface area contributed by atoms with Gasteiger partial charge in [-0.05, 0) is 12.1 Å². The van der Waals surface area contributed by atoms with Gasteiger partial charge in [-0.3, -0.25) is 0 Å². The lowest BCUT2D eigenvalue weighted by atomic mass is 10.3. The van der Waals surface area contributed by atoms with E-state index in [-0.39, 0.29) is 13.2 Å². The Morgan fingerprint density at radius 1 is 1.20 bits per heavy atom. The van der Waals surface area contributed by atoms with Crippen molar-refractivity contribution in [3.05, 3.63) is 18.2 Å². The third-order valence-electron chi connectivity index (χ3n) is 3.51. The number of hydrogen-bond donors (Lipinski definition) is 2. The number of anilines is 1. The van der Waals surface area contributed by atoms with E-state index in [0.717, 1.165) is 0 Å². The van der Waals surface area contributed by atoms with Gasteiger partial charge in [-0.25, -0.2) is 0 Å². The molecule has 0 radical (unpaired) electrons. The van der Waals surface area contributed by atoms with Gasteiger partial charge in [0.05, 0.1) is 33.5 Å². The third-order valence-corrected chi connectivity index (χ3v) is 5.13. The number of methoxy groups -OCH3 is 1. The van der Waals surface area contributed by atoms with Crippen molar-refractivity contribution in [3.63, 3.8) is 0 Å². The molecule has 2 rings (SSSR count). The first-order chi connectivity index (χ1) is 12.0. The van der Waals surface area contributed by atoms with Crippen molar-refractivity contribution in [2.75, 3.05) is 65.5 Å². The Morgan fingerprint density at radius 2 is 1.96 bits per heavy atom. The zero-order valence-electron chi connectivity index (χ0n) is 14.3. The lowest BCUT2D eigenvalue weighted by Crippen LogP contribution is -2.47. The summed E-state index contributed by atoms with van der Waals surface area (Å²) in [6.45, 7) is 2.67. The predicted octanol–water partition coefficient (Wildman–Crippen LogP) is -0.161. The van der Waals surface area contributed by atoms with Crippen LogP contribution in [-0.4, -0.2) is 72.5 Å². The molecule has 0 amide bonds. The van der Waals surface area contributed by atoms with Crippen LogP contribution >= 0.6 is 0 Å². The lowest BCUT2D eigenvalue weighted by molar-refractivity contribution is 0.0719. The van der Waals surface area contributed by atoms with E-state index in [9.17, 15) is 8.42 Å². The van der Waals surface area contributed by atoms with Crippen LogP contribution in [0.5, 0.6) is 11.5 Å². The molecule has 0 spiro atoms. The summed E-state index contributed by atoms with van der Waals surface area (Å²) in [4.78, 5) is 0. The van der Waals surface area contributed by atoms with Crippen LogP contribution in [-0.2, 0) is 19.7 Å². The maximum Gasteiger partial charge on any atom is 0.279 e. The molecule has 142 valence electrons. The molecule has 1 aliphatic heterocycles. The van der Waals surface area contributed by atoms with Gasteiger partial charge in [0.1, 0.15) is 6.61 Å². The van der Waals surface area contributed by atoms with Crippen molar-refractivity contribution in [1.82, 2.24) is 9.03 Å². The number of nitrogens with two attached hydrogens (primary N) is 1. The number of hydrogen-bond acceptors (Lipinski definition) is 7. The van der Waals surface area contributed by atoms with Gasteiger partial charge in [0.25, 0.3) is 10.2 Å². The first-order valence-corrected chi connectivity index (χ1v) is 9.43. The first-order valence-electron chi connectivity index (χ1n) is 7.99. The topological polar surface area (TPSA) is 112 Å². The summed E-state index contributed by atoms with van der Waals surface area (Å²) in [5.41, 5.74) is 6.27. The van der Waals surface area contributed by atoms with Gasteiger partial charge in [-0.15, -0.1) is 0 Å². The summed E-state index contributed by atoms with van der Waals surface area (Å²) in [5.74, 6) is 1.13. The van der Waals surface area contributed by atoms with Gasteiger partial charge < -0.3 is 24.7 Å². The monoisotopic (exact) mass is 375 g/mol. The van der Waals surface area contributed by atoms with E-state index >= 15 is 0 Å². The lowest BCUT2D eigenvalue weighted by Gasteiger charge is -2.26. The maximum absolute atomic E-state index is 12.0. The SMILES string of the molecule is COc1cc(N)ccc1OCCOCCNS(=O)(=O)N1CCOCC1. The Morgan fingerprint density at radius 3 is 2.68 bits per heavy atom. The quantitative estimate of drug-likeness (QED) is 0.432. The molecule has 1 aromatic rings. The van der Waals surface area contributed by atoms with E-state index in [1.807, 2.05) is 0 Å². The summed E-state index contributed by atoms with van der Waals surface area (Å²) in [6.07, 6.45) is 0. The van der Waals surface area contributed by atoms with Crippen molar-refractivity contribution in [2.45, 2.75) is 0 Å². The van der Waals surface area contributed by atoms with E-state index in [2.05, 4.69) is 4.72 Å². The van der Waals surface area contributed by atoms with E-state index in [0.29, 0.717) is 56.7 Å². The Labute approximate surface area is 148 Å². The van der Waals surface area contributed by atoms with Crippen molar-refractivity contribution in [1.29, 1.82) is 0 Å². The summed E-state index contributed by atoms with van der Waals surface area (Å²) in [5, 5.41) is 0. The largest absolute Gasteiger partial charge is 0.493 e. The number of ether oxygens (including phenoxy) is 4. The standard InChI is InChI=1S/C15H25N3O6S/c1-21-15-12-13(16)2-3-14(15)24-11-10-22-7-4-17-25(19,20)18-5-8-23-9-6-18/h2-3,12,17H,4-11,16H2,1H3. The Kier molecular flexibility index (Phi) is 7.72. The highest BCUT2D eigenvalue weighted by Crippen LogP contribution is 2.28. The van der Waals surface area contributed by atoms with Crippen LogP contribution in [0.4, 0.5) is 5.69 Å². The Hall–Kier alpha value is -1.59. The molecule has 10 heteroatoms. The summed E-state index contributed by atoms with van der Waals surface area (Å²) in [7, 11) is -1.93. The number of benzene rings is 1. The maximum atomic E-state index is 12.0. The van der Waals surface area contributed by atoms with Crippen molar-refractivity contribution in [2.24, 2.45) is 0 Å². The molecule has 3 N–H and O–H groups in total. The van der Waals surface area contributed by atoms with Crippen LogP contribution in [0.1, 0.15) is 0 Å². The van der Waals surface area contributed by atoms with Crippen LogP contribution < -0.4 is 19.9 Å². The van der Waals surface area contributed by atoms with Crippen molar-refractivity contribution in [3.8, 4) is 11.5 Å². The number of rotatable bonds is 10. The molecule has 9 nitrogen and oxygen atoms in total. The van der Waals surface area contributed by atoms with Crippen LogP contribution in [0.2, 0.25) is 0 Å². The molecule has 0 aliphatic carbocycles. The smallest absolute Gasteiger partial charge is 0.279 e. The highest BCUT2D eigenvalue weighted by molar-refractivity contribution is 7.87. The van der Waals surface area contributed by atoms with Gasteiger partial charge >= 0.3 is 0 Å². The van der Waals surface area contributed by atoms with Crippen LogP contribution in [0, 0.1) is 0 Å². The minimum atomic E-state index is -3.47. The molecule has 1 aliphatic rings. The molecule has 0 unspecified atom stereocenters. The second-order valence-electron chi connectivity index (χ2n) is 5.28. The summed E-state index contributed by atoms with van der Waals surface area (Å²) >= 11 is 0. The fourth-order valence-electron chi connectivity index (χ4n) is 2.24. The molecular weight excluding hydrogens is 350 g/mol. The molecule has 1 saturated heterocycles. The van der Waals surface area contributed by atoms with Crippen LogP contribution in [0.3, 0.4) is 0 Å². The zero-order valence-corrected chi connectivity index (χ0v) is 15.1. The van der Waals surface area contributed by atoms with Crippen molar-refractivity contribution < 1.29 is 27.4 Å². The van der Waals surface area contributed by atoms with E-state index < -0.39 is 10.2 Å². The van der Waals surface area contributed by atoms with Crippen LogP contribution in [0.15, 0.2) is 18.2 Å². The molecule has 1 heterocycles. The minimum Gasteiger partial charge on any atom is -0.493 e. The number of nitrogen functional groups attached to an aromatic ring is 1. The van der Waals surface area contributed by atoms with Crippen LogP contribution in [0.25, 0.3) is 0 Å². The summed E-state index contributed by atoms with van der Waals surface area (Å²) < 4.78 is 49.1. The van der Waals surface area contributed by atoms with Gasteiger partial charge in [0.15, 0.2) is 11.5 Å². The fraction of sp³-hybridized carbons (Fsp3) is 0.600.